The molecular formula is C12H13Cl2FO2. The summed E-state index contributed by atoms with van der Waals surface area (Å²) in [6.07, 6.45) is 1.87. The molecule has 0 aliphatic carbocycles. The minimum absolute atomic E-state index is 0.212. The molecule has 17 heavy (non-hydrogen) atoms. The number of carboxylic acids is 1. The van der Waals surface area contributed by atoms with Gasteiger partial charge in [0, 0.05) is 10.9 Å². The number of carbonyl (C=O) groups is 1. The van der Waals surface area contributed by atoms with Crippen molar-refractivity contribution in [2.45, 2.75) is 25.2 Å². The highest BCUT2D eigenvalue weighted by Crippen LogP contribution is 2.26. The molecule has 94 valence electrons. The van der Waals surface area contributed by atoms with E-state index in [-0.39, 0.29) is 5.02 Å². The van der Waals surface area contributed by atoms with Crippen molar-refractivity contribution < 1.29 is 14.3 Å². The van der Waals surface area contributed by atoms with E-state index in [2.05, 4.69) is 0 Å². The van der Waals surface area contributed by atoms with Crippen molar-refractivity contribution in [3.63, 3.8) is 0 Å². The Morgan fingerprint density at radius 2 is 2.06 bits per heavy atom. The number of rotatable bonds is 6. The molecule has 5 heteroatoms. The molecular weight excluding hydrogens is 266 g/mol. The Kier molecular flexibility index (Phi) is 5.72. The Bertz CT molecular complexity index is 376. The van der Waals surface area contributed by atoms with Gasteiger partial charge in [0.2, 0.25) is 0 Å². The predicted octanol–water partition coefficient (Wildman–Crippen LogP) is 4.06. The van der Waals surface area contributed by atoms with Crippen LogP contribution in [-0.2, 0) is 4.79 Å². The number of hydrogen-bond donors (Lipinski definition) is 1. The van der Waals surface area contributed by atoms with E-state index >= 15 is 0 Å². The largest absolute Gasteiger partial charge is 0.481 e. The van der Waals surface area contributed by atoms with Crippen LogP contribution in [0.3, 0.4) is 0 Å². The first kappa shape index (κ1) is 14.3. The number of halogens is 3. The zero-order chi connectivity index (χ0) is 12.8. The standard InChI is InChI=1S/C12H13Cl2FO2/c13-4-2-1-3-11(12(16)17)8-5-9(14)7-10(15)6-8/h5-7,11H,1-4H2,(H,16,17). The van der Waals surface area contributed by atoms with Gasteiger partial charge >= 0.3 is 5.97 Å². The molecule has 1 N–H and O–H groups in total. The van der Waals surface area contributed by atoms with Crippen LogP contribution in [0, 0.1) is 5.82 Å². The van der Waals surface area contributed by atoms with E-state index in [1.54, 1.807) is 0 Å². The van der Waals surface area contributed by atoms with Gasteiger partial charge in [0.05, 0.1) is 5.92 Å². The van der Waals surface area contributed by atoms with Crippen molar-refractivity contribution in [3.8, 4) is 0 Å². The number of hydrogen-bond acceptors (Lipinski definition) is 1. The second kappa shape index (κ2) is 6.82. The fourth-order valence-electron chi connectivity index (χ4n) is 1.65. The van der Waals surface area contributed by atoms with E-state index in [1.165, 1.54) is 12.1 Å². The van der Waals surface area contributed by atoms with Gasteiger partial charge in [-0.2, -0.15) is 0 Å². The SMILES string of the molecule is O=C(O)C(CCCCCl)c1cc(F)cc(Cl)c1. The fraction of sp³-hybridized carbons (Fsp3) is 0.417. The van der Waals surface area contributed by atoms with E-state index in [4.69, 9.17) is 28.3 Å². The molecule has 0 aliphatic rings. The number of benzene rings is 1. The molecule has 0 heterocycles. The van der Waals surface area contributed by atoms with Gasteiger partial charge in [-0.05, 0) is 36.6 Å². The molecule has 0 spiro atoms. The summed E-state index contributed by atoms with van der Waals surface area (Å²) in [5.41, 5.74) is 0.400. The first-order chi connectivity index (χ1) is 8.04. The van der Waals surface area contributed by atoms with Crippen molar-refractivity contribution in [3.05, 3.63) is 34.6 Å². The van der Waals surface area contributed by atoms with Gasteiger partial charge < -0.3 is 5.11 Å². The number of aliphatic carboxylic acids is 1. The lowest BCUT2D eigenvalue weighted by Crippen LogP contribution is -2.12. The van der Waals surface area contributed by atoms with Crippen LogP contribution in [-0.4, -0.2) is 17.0 Å². The molecule has 0 amide bonds. The third-order valence-electron chi connectivity index (χ3n) is 2.46. The highest BCUT2D eigenvalue weighted by Gasteiger charge is 2.20. The molecule has 1 aromatic carbocycles. The monoisotopic (exact) mass is 278 g/mol. The summed E-state index contributed by atoms with van der Waals surface area (Å²) in [7, 11) is 0. The van der Waals surface area contributed by atoms with Crippen LogP contribution >= 0.6 is 23.2 Å². The Morgan fingerprint density at radius 3 is 2.59 bits per heavy atom. The predicted molar refractivity (Wildman–Crippen MR) is 66.4 cm³/mol. The molecule has 1 unspecified atom stereocenters. The van der Waals surface area contributed by atoms with Crippen LogP contribution in [0.25, 0.3) is 0 Å². The molecule has 0 saturated carbocycles. The van der Waals surface area contributed by atoms with Crippen molar-refractivity contribution >= 4 is 29.2 Å². The van der Waals surface area contributed by atoms with Crippen molar-refractivity contribution in [1.29, 1.82) is 0 Å². The summed E-state index contributed by atoms with van der Waals surface area (Å²) in [6.45, 7) is 0. The van der Waals surface area contributed by atoms with Gasteiger partial charge in [0.25, 0.3) is 0 Å². The summed E-state index contributed by atoms with van der Waals surface area (Å²) in [5, 5.41) is 9.32. The molecule has 2 nitrogen and oxygen atoms in total. The molecule has 0 saturated heterocycles. The lowest BCUT2D eigenvalue weighted by molar-refractivity contribution is -0.139. The highest BCUT2D eigenvalue weighted by molar-refractivity contribution is 6.30. The number of carboxylic acid groups (broad SMARTS) is 1. The second-order valence-corrected chi connectivity index (χ2v) is 4.59. The van der Waals surface area contributed by atoms with Gasteiger partial charge in [0.15, 0.2) is 0 Å². The molecule has 1 aromatic rings. The quantitative estimate of drug-likeness (QED) is 0.630. The van der Waals surface area contributed by atoms with Crippen LogP contribution in [0.1, 0.15) is 30.7 Å². The van der Waals surface area contributed by atoms with Crippen LogP contribution in [0.5, 0.6) is 0 Å². The van der Waals surface area contributed by atoms with Gasteiger partial charge in [-0.1, -0.05) is 18.0 Å². The van der Waals surface area contributed by atoms with E-state index in [9.17, 15) is 9.18 Å². The Balaban J connectivity index is 2.85. The van der Waals surface area contributed by atoms with Crippen molar-refractivity contribution in [2.75, 3.05) is 5.88 Å². The first-order valence-electron chi connectivity index (χ1n) is 5.29. The minimum atomic E-state index is -0.971. The minimum Gasteiger partial charge on any atom is -0.481 e. The summed E-state index contributed by atoms with van der Waals surface area (Å²) < 4.78 is 13.1. The lowest BCUT2D eigenvalue weighted by atomic mass is 9.94. The maximum Gasteiger partial charge on any atom is 0.310 e. The Morgan fingerprint density at radius 1 is 1.35 bits per heavy atom. The first-order valence-corrected chi connectivity index (χ1v) is 6.20. The lowest BCUT2D eigenvalue weighted by Gasteiger charge is -2.12. The number of alkyl halides is 1. The zero-order valence-electron chi connectivity index (χ0n) is 9.13. The zero-order valence-corrected chi connectivity index (χ0v) is 10.6. The average Bonchev–Trinajstić information content (AvgIpc) is 2.22. The van der Waals surface area contributed by atoms with E-state index < -0.39 is 17.7 Å². The van der Waals surface area contributed by atoms with E-state index in [0.717, 1.165) is 12.5 Å². The molecule has 1 atom stereocenters. The molecule has 0 radical (unpaired) electrons. The van der Waals surface area contributed by atoms with Crippen molar-refractivity contribution in [2.24, 2.45) is 0 Å². The van der Waals surface area contributed by atoms with Gasteiger partial charge in [0.1, 0.15) is 5.82 Å². The summed E-state index contributed by atoms with van der Waals surface area (Å²) >= 11 is 11.2. The average molecular weight is 279 g/mol. The van der Waals surface area contributed by atoms with Gasteiger partial charge in [-0.15, -0.1) is 11.6 Å². The van der Waals surface area contributed by atoms with Crippen molar-refractivity contribution in [1.82, 2.24) is 0 Å². The highest BCUT2D eigenvalue weighted by atomic mass is 35.5. The third kappa shape index (κ3) is 4.52. The molecule has 0 bridgehead atoms. The molecule has 0 aliphatic heterocycles. The van der Waals surface area contributed by atoms with Crippen LogP contribution < -0.4 is 0 Å². The fourth-order valence-corrected chi connectivity index (χ4v) is 2.07. The normalized spacial score (nSPS) is 12.4. The summed E-state index contributed by atoms with van der Waals surface area (Å²) in [6, 6.07) is 3.86. The van der Waals surface area contributed by atoms with Crippen LogP contribution in [0.2, 0.25) is 5.02 Å². The van der Waals surface area contributed by atoms with Gasteiger partial charge in [-0.3, -0.25) is 4.79 Å². The second-order valence-electron chi connectivity index (χ2n) is 3.78. The number of unbranched alkanes of at least 4 members (excludes halogenated alkanes) is 1. The third-order valence-corrected chi connectivity index (χ3v) is 2.95. The molecule has 0 aromatic heterocycles. The van der Waals surface area contributed by atoms with E-state index in [1.807, 2.05) is 0 Å². The molecule has 0 fully saturated rings. The van der Waals surface area contributed by atoms with Gasteiger partial charge in [-0.25, -0.2) is 4.39 Å². The Hall–Kier alpha value is -0.800. The Labute approximate surface area is 109 Å². The van der Waals surface area contributed by atoms with Crippen LogP contribution in [0.4, 0.5) is 4.39 Å². The maximum atomic E-state index is 13.1. The van der Waals surface area contributed by atoms with E-state index in [0.29, 0.717) is 24.3 Å². The summed E-state index contributed by atoms with van der Waals surface area (Å²) in [4.78, 5) is 11.1. The smallest absolute Gasteiger partial charge is 0.310 e. The topological polar surface area (TPSA) is 37.3 Å². The maximum absolute atomic E-state index is 13.1. The summed E-state index contributed by atoms with van der Waals surface area (Å²) in [5.74, 6) is -1.72. The van der Waals surface area contributed by atoms with Crippen LogP contribution in [0.15, 0.2) is 18.2 Å². The molecule has 1 rings (SSSR count).